The third kappa shape index (κ3) is 1.66. The zero-order chi connectivity index (χ0) is 10.9. The summed E-state index contributed by atoms with van der Waals surface area (Å²) in [5.41, 5.74) is -0.381. The number of ether oxygens (including phenoxy) is 2. The molecule has 2 rings (SSSR count). The van der Waals surface area contributed by atoms with Crippen molar-refractivity contribution in [3.8, 4) is 0 Å². The monoisotopic (exact) mass is 208 g/mol. The third-order valence-corrected chi connectivity index (χ3v) is 3.17. The summed E-state index contributed by atoms with van der Waals surface area (Å²) in [6.07, 6.45) is 5.09. The molecule has 0 unspecified atom stereocenters. The molecule has 2 aliphatic rings. The van der Waals surface area contributed by atoms with Gasteiger partial charge in [-0.25, -0.2) is 0 Å². The summed E-state index contributed by atoms with van der Waals surface area (Å²) in [6, 6.07) is 0. The zero-order valence-electron chi connectivity index (χ0n) is 8.78. The topological polar surface area (TPSA) is 35.5 Å². The van der Waals surface area contributed by atoms with Crippen LogP contribution in [0.3, 0.4) is 0 Å². The van der Waals surface area contributed by atoms with E-state index in [1.165, 1.54) is 0 Å². The molecule has 0 aliphatic carbocycles. The maximum absolute atomic E-state index is 12.1. The molecular formula is C12H16O3. The first-order chi connectivity index (χ1) is 7.22. The number of Topliss-reactive ketones (excluding diaryl/α,β-unsaturated/α-hetero) is 1. The highest BCUT2D eigenvalue weighted by atomic mass is 16.7. The van der Waals surface area contributed by atoms with Crippen molar-refractivity contribution in [2.45, 2.75) is 31.7 Å². The summed E-state index contributed by atoms with van der Waals surface area (Å²) < 4.78 is 10.7. The number of hydrogen-bond donors (Lipinski definition) is 0. The average molecular weight is 208 g/mol. The first-order valence-electron chi connectivity index (χ1n) is 5.25. The normalized spacial score (nSPS) is 32.7. The second-order valence-corrected chi connectivity index (χ2v) is 4.26. The number of fused-ring (bicyclic) bond motifs is 2. The lowest BCUT2D eigenvalue weighted by molar-refractivity contribution is -0.168. The maximum Gasteiger partial charge on any atom is 0.218 e. The van der Waals surface area contributed by atoms with E-state index in [1.54, 1.807) is 12.2 Å². The molecule has 0 aromatic heterocycles. The van der Waals surface area contributed by atoms with E-state index in [0.717, 1.165) is 6.42 Å². The molecule has 0 N–H and O–H groups in total. The second kappa shape index (κ2) is 3.91. The molecule has 0 saturated carbocycles. The van der Waals surface area contributed by atoms with Crippen LogP contribution in [0, 0.1) is 5.41 Å². The fourth-order valence-electron chi connectivity index (χ4n) is 2.48. The van der Waals surface area contributed by atoms with E-state index in [2.05, 4.69) is 13.2 Å². The average Bonchev–Trinajstić information content (AvgIpc) is 2.60. The van der Waals surface area contributed by atoms with Crippen LogP contribution in [-0.2, 0) is 14.3 Å². The van der Waals surface area contributed by atoms with Crippen molar-refractivity contribution in [2.24, 2.45) is 5.41 Å². The highest BCUT2D eigenvalue weighted by molar-refractivity contribution is 5.89. The van der Waals surface area contributed by atoms with Crippen molar-refractivity contribution in [1.82, 2.24) is 0 Å². The lowest BCUT2D eigenvalue weighted by Crippen LogP contribution is -2.45. The Morgan fingerprint density at radius 1 is 1.40 bits per heavy atom. The number of carbonyl (C=O) groups is 1. The molecule has 0 spiro atoms. The lowest BCUT2D eigenvalue weighted by atomic mass is 9.72. The molecule has 0 aromatic rings. The minimum atomic E-state index is -0.649. The van der Waals surface area contributed by atoms with Crippen LogP contribution in [-0.4, -0.2) is 24.8 Å². The van der Waals surface area contributed by atoms with Gasteiger partial charge >= 0.3 is 0 Å². The highest BCUT2D eigenvalue weighted by Crippen LogP contribution is 2.43. The summed E-state index contributed by atoms with van der Waals surface area (Å²) in [4.78, 5) is 12.1. The first-order valence-corrected chi connectivity index (χ1v) is 5.25. The number of hydrogen-bond acceptors (Lipinski definition) is 3. The van der Waals surface area contributed by atoms with E-state index in [0.29, 0.717) is 19.4 Å². The van der Waals surface area contributed by atoms with Crippen LogP contribution in [0.5, 0.6) is 0 Å². The molecule has 3 heteroatoms. The van der Waals surface area contributed by atoms with Gasteiger partial charge in [0.2, 0.25) is 6.29 Å². The van der Waals surface area contributed by atoms with Crippen molar-refractivity contribution < 1.29 is 14.3 Å². The van der Waals surface area contributed by atoms with Crippen molar-refractivity contribution in [3.05, 3.63) is 25.3 Å². The molecule has 2 heterocycles. The third-order valence-electron chi connectivity index (χ3n) is 3.17. The largest absolute Gasteiger partial charge is 0.343 e. The highest BCUT2D eigenvalue weighted by Gasteiger charge is 2.51. The van der Waals surface area contributed by atoms with E-state index in [4.69, 9.17) is 9.47 Å². The Kier molecular flexibility index (Phi) is 2.76. The molecule has 3 nitrogen and oxygen atoms in total. The van der Waals surface area contributed by atoms with Gasteiger partial charge in [-0.2, -0.15) is 0 Å². The summed E-state index contributed by atoms with van der Waals surface area (Å²) in [5, 5.41) is 0. The SMILES string of the molecule is C=CCC1(CC=C)C[C@H]2CO[C@H](O2)C1=O. The van der Waals surface area contributed by atoms with Crippen LogP contribution in [0.2, 0.25) is 0 Å². The van der Waals surface area contributed by atoms with Gasteiger partial charge < -0.3 is 9.47 Å². The molecule has 2 aliphatic heterocycles. The van der Waals surface area contributed by atoms with Gasteiger partial charge in [0.25, 0.3) is 0 Å². The Labute approximate surface area is 89.8 Å². The fraction of sp³-hybridized carbons (Fsp3) is 0.583. The van der Waals surface area contributed by atoms with E-state index in [9.17, 15) is 4.79 Å². The number of rotatable bonds is 4. The maximum atomic E-state index is 12.1. The molecule has 0 amide bonds. The standard InChI is InChI=1S/C12H16O3/c1-3-5-12(6-4-2)7-9-8-14-11(15-9)10(12)13/h3-4,9,11H,1-2,5-8H2/t9-,11+/m0/s1. The predicted octanol–water partition coefficient (Wildman–Crippen LogP) is 1.84. The summed E-state index contributed by atoms with van der Waals surface area (Å²) in [5.74, 6) is 0.0519. The van der Waals surface area contributed by atoms with Gasteiger partial charge in [0.1, 0.15) is 0 Å². The first kappa shape index (κ1) is 10.6. The van der Waals surface area contributed by atoms with Gasteiger partial charge in [0, 0.05) is 5.41 Å². The van der Waals surface area contributed by atoms with Crippen LogP contribution in [0.1, 0.15) is 19.3 Å². The molecule has 2 atom stereocenters. The van der Waals surface area contributed by atoms with E-state index in [1.807, 2.05) is 0 Å². The predicted molar refractivity (Wildman–Crippen MR) is 56.3 cm³/mol. The number of ketones is 1. The molecule has 2 fully saturated rings. The van der Waals surface area contributed by atoms with Gasteiger partial charge in [-0.15, -0.1) is 13.2 Å². The molecule has 2 bridgehead atoms. The second-order valence-electron chi connectivity index (χ2n) is 4.26. The van der Waals surface area contributed by atoms with Crippen molar-refractivity contribution in [1.29, 1.82) is 0 Å². The van der Waals surface area contributed by atoms with Crippen LogP contribution in [0.15, 0.2) is 25.3 Å². The smallest absolute Gasteiger partial charge is 0.218 e. The van der Waals surface area contributed by atoms with Crippen molar-refractivity contribution in [2.75, 3.05) is 6.61 Å². The minimum Gasteiger partial charge on any atom is -0.343 e. The van der Waals surface area contributed by atoms with Crippen LogP contribution in [0.4, 0.5) is 0 Å². The summed E-state index contributed by atoms with van der Waals surface area (Å²) >= 11 is 0. The summed E-state index contributed by atoms with van der Waals surface area (Å²) in [7, 11) is 0. The zero-order valence-corrected chi connectivity index (χ0v) is 8.78. The molecule has 15 heavy (non-hydrogen) atoms. The Hall–Kier alpha value is -0.930. The van der Waals surface area contributed by atoms with Crippen molar-refractivity contribution >= 4 is 5.78 Å². The van der Waals surface area contributed by atoms with Gasteiger partial charge in [0.05, 0.1) is 12.7 Å². The quantitative estimate of drug-likeness (QED) is 0.661. The number of allylic oxidation sites excluding steroid dienone is 2. The van der Waals surface area contributed by atoms with Gasteiger partial charge in [-0.3, -0.25) is 4.79 Å². The molecule has 2 saturated heterocycles. The Bertz CT molecular complexity index is 285. The molecule has 82 valence electrons. The van der Waals surface area contributed by atoms with E-state index < -0.39 is 6.29 Å². The molecule has 0 radical (unpaired) electrons. The van der Waals surface area contributed by atoms with E-state index in [-0.39, 0.29) is 17.3 Å². The van der Waals surface area contributed by atoms with Crippen LogP contribution >= 0.6 is 0 Å². The summed E-state index contributed by atoms with van der Waals surface area (Å²) in [6.45, 7) is 7.97. The number of carbonyl (C=O) groups excluding carboxylic acids is 1. The van der Waals surface area contributed by atoms with Crippen LogP contribution < -0.4 is 0 Å². The van der Waals surface area contributed by atoms with E-state index >= 15 is 0 Å². The van der Waals surface area contributed by atoms with Crippen LogP contribution in [0.25, 0.3) is 0 Å². The Morgan fingerprint density at radius 3 is 2.67 bits per heavy atom. The lowest BCUT2D eigenvalue weighted by Gasteiger charge is -2.36. The van der Waals surface area contributed by atoms with Gasteiger partial charge in [-0.05, 0) is 19.3 Å². The fourth-order valence-corrected chi connectivity index (χ4v) is 2.48. The molecule has 0 aromatic carbocycles. The molecular weight excluding hydrogens is 192 g/mol. The minimum absolute atomic E-state index is 0.0519. The van der Waals surface area contributed by atoms with Gasteiger partial charge in [0.15, 0.2) is 5.78 Å². The Morgan fingerprint density at radius 2 is 2.07 bits per heavy atom. The van der Waals surface area contributed by atoms with Gasteiger partial charge in [-0.1, -0.05) is 12.2 Å². The van der Waals surface area contributed by atoms with Crippen molar-refractivity contribution in [3.63, 3.8) is 0 Å². The Balaban J connectivity index is 2.25.